The average Bonchev–Trinajstić information content (AvgIpc) is 3.34. The van der Waals surface area contributed by atoms with Crippen molar-refractivity contribution in [3.8, 4) is 0 Å². The summed E-state index contributed by atoms with van der Waals surface area (Å²) in [7, 11) is 0. The van der Waals surface area contributed by atoms with Crippen LogP contribution in [0.3, 0.4) is 0 Å². The van der Waals surface area contributed by atoms with Crippen molar-refractivity contribution in [1.29, 1.82) is 0 Å². The lowest BCUT2D eigenvalue weighted by Gasteiger charge is -2.13. The van der Waals surface area contributed by atoms with E-state index < -0.39 is 0 Å². The van der Waals surface area contributed by atoms with Crippen LogP contribution in [-0.4, -0.2) is 0 Å². The summed E-state index contributed by atoms with van der Waals surface area (Å²) in [6, 6.07) is 13.7. The highest BCUT2D eigenvalue weighted by atomic mass is 14.3. The minimum absolute atomic E-state index is 0.962. The van der Waals surface area contributed by atoms with Crippen LogP contribution in [0.4, 0.5) is 0 Å². The smallest absolute Gasteiger partial charge is 0.00136 e. The molecule has 148 valence electrons. The minimum atomic E-state index is 0.962. The Bertz CT molecular complexity index is 1020. The fraction of sp³-hybridized carbons (Fsp3) is 0.310. The molecule has 0 N–H and O–H groups in total. The molecule has 29 heavy (non-hydrogen) atoms. The van der Waals surface area contributed by atoms with Crippen LogP contribution in [0.1, 0.15) is 60.1 Å². The number of rotatable bonds is 7. The van der Waals surface area contributed by atoms with E-state index in [1.165, 1.54) is 55.7 Å². The molecule has 0 aliphatic heterocycles. The van der Waals surface area contributed by atoms with Crippen molar-refractivity contribution >= 4 is 6.08 Å². The van der Waals surface area contributed by atoms with Gasteiger partial charge in [0.05, 0.1) is 0 Å². The van der Waals surface area contributed by atoms with Gasteiger partial charge in [-0.3, -0.25) is 0 Å². The summed E-state index contributed by atoms with van der Waals surface area (Å²) in [4.78, 5) is 0. The van der Waals surface area contributed by atoms with Gasteiger partial charge in [-0.1, -0.05) is 86.2 Å². The molecule has 2 aliphatic rings. The number of benzene rings is 2. The zero-order valence-corrected chi connectivity index (χ0v) is 18.1. The van der Waals surface area contributed by atoms with Gasteiger partial charge in [-0.2, -0.15) is 0 Å². The van der Waals surface area contributed by atoms with Gasteiger partial charge in [0.15, 0.2) is 0 Å². The van der Waals surface area contributed by atoms with Crippen LogP contribution in [-0.2, 0) is 25.7 Å². The second kappa shape index (κ2) is 8.41. The monoisotopic (exact) mass is 380 g/mol. The molecule has 0 unspecified atom stereocenters. The molecule has 0 saturated carbocycles. The highest BCUT2D eigenvalue weighted by Crippen LogP contribution is 2.38. The molecule has 2 aromatic rings. The van der Waals surface area contributed by atoms with Crippen molar-refractivity contribution < 1.29 is 0 Å². The Labute approximate surface area is 176 Å². The molecule has 0 spiro atoms. The van der Waals surface area contributed by atoms with E-state index in [4.69, 9.17) is 0 Å². The van der Waals surface area contributed by atoms with Gasteiger partial charge in [-0.15, -0.1) is 0 Å². The van der Waals surface area contributed by atoms with Gasteiger partial charge in [-0.25, -0.2) is 0 Å². The first-order chi connectivity index (χ1) is 14.1. The Morgan fingerprint density at radius 2 is 1.66 bits per heavy atom. The summed E-state index contributed by atoms with van der Waals surface area (Å²) in [6.45, 7) is 11.1. The topological polar surface area (TPSA) is 0 Å². The van der Waals surface area contributed by atoms with Gasteiger partial charge in [0.1, 0.15) is 0 Å². The normalized spacial score (nSPS) is 15.1. The molecule has 0 aromatic heterocycles. The fourth-order valence-corrected chi connectivity index (χ4v) is 4.71. The van der Waals surface area contributed by atoms with Gasteiger partial charge in [0.2, 0.25) is 0 Å². The molecule has 0 heterocycles. The third-order valence-electron chi connectivity index (χ3n) is 6.33. The van der Waals surface area contributed by atoms with E-state index in [2.05, 4.69) is 82.0 Å². The molecular formula is C29H32. The van der Waals surface area contributed by atoms with E-state index in [0.29, 0.717) is 0 Å². The molecule has 4 rings (SSSR count). The molecule has 0 nitrogen and oxygen atoms in total. The molecule has 2 aromatic carbocycles. The predicted molar refractivity (Wildman–Crippen MR) is 126 cm³/mol. The molecular weight excluding hydrogens is 348 g/mol. The van der Waals surface area contributed by atoms with Crippen molar-refractivity contribution in [2.75, 3.05) is 0 Å². The van der Waals surface area contributed by atoms with Crippen molar-refractivity contribution in [2.45, 2.75) is 59.3 Å². The summed E-state index contributed by atoms with van der Waals surface area (Å²) >= 11 is 0. The van der Waals surface area contributed by atoms with Crippen LogP contribution >= 0.6 is 0 Å². The maximum absolute atomic E-state index is 4.39. The van der Waals surface area contributed by atoms with E-state index >= 15 is 0 Å². The number of hydrogen-bond acceptors (Lipinski definition) is 0. The first-order valence-corrected chi connectivity index (χ1v) is 11.0. The lowest BCUT2D eigenvalue weighted by Crippen LogP contribution is -1.98. The molecule has 2 aliphatic carbocycles. The maximum atomic E-state index is 4.39. The quantitative estimate of drug-likeness (QED) is 0.436. The van der Waals surface area contributed by atoms with Gasteiger partial charge in [-0.05, 0) is 90.0 Å². The third kappa shape index (κ3) is 4.22. The van der Waals surface area contributed by atoms with E-state index in [0.717, 1.165) is 38.5 Å². The maximum Gasteiger partial charge on any atom is -0.00136 e. The van der Waals surface area contributed by atoms with Crippen LogP contribution in [0, 0.1) is 6.92 Å². The zero-order valence-electron chi connectivity index (χ0n) is 18.1. The van der Waals surface area contributed by atoms with E-state index in [1.54, 1.807) is 0 Å². The van der Waals surface area contributed by atoms with Crippen molar-refractivity contribution in [3.63, 3.8) is 0 Å². The minimum Gasteiger partial charge on any atom is -0.0992 e. The Morgan fingerprint density at radius 1 is 0.931 bits per heavy atom. The molecule has 0 bridgehead atoms. The average molecular weight is 381 g/mol. The molecule has 0 fully saturated rings. The summed E-state index contributed by atoms with van der Waals surface area (Å²) in [5.41, 5.74) is 14.3. The van der Waals surface area contributed by atoms with Crippen LogP contribution in [0.5, 0.6) is 0 Å². The number of aryl methyl sites for hydroxylation is 3. The predicted octanol–water partition coefficient (Wildman–Crippen LogP) is 7.50. The number of allylic oxidation sites excluding steroid dienone is 6. The largest absolute Gasteiger partial charge is 0.0992 e. The van der Waals surface area contributed by atoms with Gasteiger partial charge < -0.3 is 0 Å². The fourth-order valence-electron chi connectivity index (χ4n) is 4.71. The van der Waals surface area contributed by atoms with Crippen LogP contribution in [0.2, 0.25) is 0 Å². The van der Waals surface area contributed by atoms with E-state index in [1.807, 2.05) is 0 Å². The van der Waals surface area contributed by atoms with Gasteiger partial charge >= 0.3 is 0 Å². The van der Waals surface area contributed by atoms with Crippen LogP contribution in [0.15, 0.2) is 77.4 Å². The van der Waals surface area contributed by atoms with Crippen LogP contribution in [0.25, 0.3) is 6.08 Å². The molecule has 0 heteroatoms. The molecule has 0 saturated heterocycles. The van der Waals surface area contributed by atoms with Crippen molar-refractivity contribution in [1.82, 2.24) is 0 Å². The standard InChI is InChI=1S/C29H32/c1-5-23-16-26-18-28(19-27(26)17-24(23)6-2)29-9-7-8-25(29)15-21(4)14-22-12-10-20(3)11-13-22/h8-13,16-18H,4-7,14-15,19H2,1-3H3. The second-order valence-corrected chi connectivity index (χ2v) is 8.55. The summed E-state index contributed by atoms with van der Waals surface area (Å²) in [5.74, 6) is 0. The Kier molecular flexibility index (Phi) is 5.72. The zero-order chi connectivity index (χ0) is 20.4. The first-order valence-electron chi connectivity index (χ1n) is 11.0. The highest BCUT2D eigenvalue weighted by Gasteiger charge is 2.21. The number of hydrogen-bond donors (Lipinski definition) is 0. The Morgan fingerprint density at radius 3 is 2.38 bits per heavy atom. The lowest BCUT2D eigenvalue weighted by molar-refractivity contribution is 1.02. The van der Waals surface area contributed by atoms with Crippen LogP contribution < -0.4 is 0 Å². The van der Waals surface area contributed by atoms with Gasteiger partial charge in [0, 0.05) is 0 Å². The number of fused-ring (bicyclic) bond motifs is 1. The lowest BCUT2D eigenvalue weighted by atomic mass is 9.92. The molecule has 0 amide bonds. The van der Waals surface area contributed by atoms with Crippen molar-refractivity contribution in [2.24, 2.45) is 0 Å². The SMILES string of the molecule is C=C(CC1=CCC=C1C1=Cc2cc(CC)c(CC)cc2C1)Cc1ccc(C)cc1. The summed E-state index contributed by atoms with van der Waals surface area (Å²) in [6.07, 6.45) is 13.5. The molecule has 0 radical (unpaired) electrons. The first kappa shape index (κ1) is 19.7. The summed E-state index contributed by atoms with van der Waals surface area (Å²) < 4.78 is 0. The van der Waals surface area contributed by atoms with Gasteiger partial charge in [0.25, 0.3) is 0 Å². The van der Waals surface area contributed by atoms with E-state index in [-0.39, 0.29) is 0 Å². The third-order valence-corrected chi connectivity index (χ3v) is 6.33. The summed E-state index contributed by atoms with van der Waals surface area (Å²) in [5, 5.41) is 0. The highest BCUT2D eigenvalue weighted by molar-refractivity contribution is 5.73. The van der Waals surface area contributed by atoms with Crippen molar-refractivity contribution in [3.05, 3.63) is 111 Å². The van der Waals surface area contributed by atoms with E-state index in [9.17, 15) is 0 Å². The molecule has 0 atom stereocenters. The second-order valence-electron chi connectivity index (χ2n) is 8.55. The Balaban J connectivity index is 1.47. The Hall–Kier alpha value is -2.60.